The van der Waals surface area contributed by atoms with Gasteiger partial charge in [0.15, 0.2) is 0 Å². The molecule has 1 unspecified atom stereocenters. The Labute approximate surface area is 117 Å². The first-order chi connectivity index (χ1) is 8.61. The third-order valence-electron chi connectivity index (χ3n) is 2.92. The molecule has 96 valence electrons. The Kier molecular flexibility index (Phi) is 4.25. The lowest BCUT2D eigenvalue weighted by Crippen LogP contribution is -2.22. The number of furan rings is 1. The predicted molar refractivity (Wildman–Crippen MR) is 77.8 cm³/mol. The van der Waals surface area contributed by atoms with Crippen LogP contribution < -0.4 is 5.32 Å². The molecule has 2 nitrogen and oxygen atoms in total. The Balaban J connectivity index is 2.44. The van der Waals surface area contributed by atoms with Crippen molar-refractivity contribution in [1.29, 1.82) is 0 Å². The summed E-state index contributed by atoms with van der Waals surface area (Å²) in [7, 11) is 0. The molecule has 0 aliphatic heterocycles. The first-order valence-electron chi connectivity index (χ1n) is 6.17. The van der Waals surface area contributed by atoms with Gasteiger partial charge in [-0.2, -0.15) is 0 Å². The van der Waals surface area contributed by atoms with Crippen molar-refractivity contribution in [2.75, 3.05) is 6.54 Å². The minimum absolute atomic E-state index is 0.0953. The van der Waals surface area contributed by atoms with E-state index in [4.69, 9.17) is 4.42 Å². The van der Waals surface area contributed by atoms with E-state index in [9.17, 15) is 0 Å². The lowest BCUT2D eigenvalue weighted by Gasteiger charge is -2.18. The number of halogens is 1. The van der Waals surface area contributed by atoms with Gasteiger partial charge in [0.1, 0.15) is 11.5 Å². The highest BCUT2D eigenvalue weighted by Crippen LogP contribution is 2.30. The zero-order valence-corrected chi connectivity index (χ0v) is 12.5. The molecule has 3 heteroatoms. The summed E-state index contributed by atoms with van der Waals surface area (Å²) in [4.78, 5) is 0. The van der Waals surface area contributed by atoms with Crippen LogP contribution >= 0.6 is 15.9 Å². The van der Waals surface area contributed by atoms with E-state index < -0.39 is 0 Å². The quantitative estimate of drug-likeness (QED) is 0.908. The summed E-state index contributed by atoms with van der Waals surface area (Å²) in [5.74, 6) is 1.90. The zero-order valence-electron chi connectivity index (χ0n) is 11.0. The molecule has 1 atom stereocenters. The third-order valence-corrected chi connectivity index (χ3v) is 3.64. The molecular weight excluding hydrogens is 290 g/mol. The molecule has 0 spiro atoms. The van der Waals surface area contributed by atoms with E-state index in [2.05, 4.69) is 53.3 Å². The van der Waals surface area contributed by atoms with E-state index in [1.54, 1.807) is 0 Å². The third kappa shape index (κ3) is 2.85. The minimum Gasteiger partial charge on any atom is -0.464 e. The maximum Gasteiger partial charge on any atom is 0.125 e. The van der Waals surface area contributed by atoms with E-state index >= 15 is 0 Å². The molecular formula is C15H18BrNO. The van der Waals surface area contributed by atoms with Gasteiger partial charge in [-0.3, -0.25) is 0 Å². The van der Waals surface area contributed by atoms with Crippen LogP contribution in [0.1, 0.15) is 35.6 Å². The number of hydrogen-bond acceptors (Lipinski definition) is 2. The second-order valence-corrected chi connectivity index (χ2v) is 5.32. The number of aryl methyl sites for hydroxylation is 2. The Morgan fingerprint density at radius 3 is 2.61 bits per heavy atom. The predicted octanol–water partition coefficient (Wildman–Crippen LogP) is 4.36. The molecule has 0 saturated heterocycles. The molecule has 0 bridgehead atoms. The van der Waals surface area contributed by atoms with E-state index in [1.807, 2.05) is 19.1 Å². The van der Waals surface area contributed by atoms with Crippen molar-refractivity contribution >= 4 is 15.9 Å². The fourth-order valence-corrected chi connectivity index (χ4v) is 2.54. The fourth-order valence-electron chi connectivity index (χ4n) is 2.06. The first-order valence-corrected chi connectivity index (χ1v) is 6.97. The van der Waals surface area contributed by atoms with Gasteiger partial charge >= 0.3 is 0 Å². The monoisotopic (exact) mass is 307 g/mol. The number of hydrogen-bond donors (Lipinski definition) is 1. The first kappa shape index (κ1) is 13.4. The van der Waals surface area contributed by atoms with Gasteiger partial charge in [0, 0.05) is 4.47 Å². The number of benzene rings is 1. The van der Waals surface area contributed by atoms with Crippen LogP contribution in [0, 0.1) is 13.8 Å². The normalized spacial score (nSPS) is 12.7. The van der Waals surface area contributed by atoms with Crippen LogP contribution in [0.4, 0.5) is 0 Å². The van der Waals surface area contributed by atoms with Crippen LogP contribution in [0.2, 0.25) is 0 Å². The van der Waals surface area contributed by atoms with Crippen molar-refractivity contribution in [2.24, 2.45) is 0 Å². The van der Waals surface area contributed by atoms with Crippen molar-refractivity contribution in [1.82, 2.24) is 5.32 Å². The molecule has 2 rings (SSSR count). The number of rotatable bonds is 4. The summed E-state index contributed by atoms with van der Waals surface area (Å²) in [6.45, 7) is 7.07. The van der Waals surface area contributed by atoms with Crippen LogP contribution in [0.3, 0.4) is 0 Å². The van der Waals surface area contributed by atoms with Crippen molar-refractivity contribution in [3.63, 3.8) is 0 Å². The van der Waals surface area contributed by atoms with Crippen molar-refractivity contribution < 1.29 is 4.42 Å². The lowest BCUT2D eigenvalue weighted by molar-refractivity contribution is 0.434. The fraction of sp³-hybridized carbons (Fsp3) is 0.333. The zero-order chi connectivity index (χ0) is 13.1. The van der Waals surface area contributed by atoms with Gasteiger partial charge in [-0.15, -0.1) is 0 Å². The SMILES string of the molecule is CCNC(c1ccc(C)o1)c1cc(C)ccc1Br. The van der Waals surface area contributed by atoms with Crippen LogP contribution in [-0.4, -0.2) is 6.54 Å². The average Bonchev–Trinajstić information content (AvgIpc) is 2.76. The van der Waals surface area contributed by atoms with Gasteiger partial charge in [0.25, 0.3) is 0 Å². The molecule has 1 heterocycles. The maximum atomic E-state index is 5.76. The van der Waals surface area contributed by atoms with Crippen molar-refractivity contribution in [2.45, 2.75) is 26.8 Å². The minimum atomic E-state index is 0.0953. The van der Waals surface area contributed by atoms with Crippen LogP contribution in [0.5, 0.6) is 0 Å². The number of nitrogens with one attached hydrogen (secondary N) is 1. The molecule has 0 aliphatic rings. The van der Waals surface area contributed by atoms with E-state index in [0.29, 0.717) is 0 Å². The van der Waals surface area contributed by atoms with Gasteiger partial charge in [-0.05, 0) is 44.2 Å². The van der Waals surface area contributed by atoms with Gasteiger partial charge in [-0.1, -0.05) is 40.5 Å². The molecule has 1 aromatic carbocycles. The summed E-state index contributed by atoms with van der Waals surface area (Å²) in [5.41, 5.74) is 2.46. The molecule has 0 amide bonds. The molecule has 18 heavy (non-hydrogen) atoms. The Bertz CT molecular complexity index is 533. The topological polar surface area (TPSA) is 25.2 Å². The van der Waals surface area contributed by atoms with Gasteiger partial charge in [0.05, 0.1) is 6.04 Å². The summed E-state index contributed by atoms with van der Waals surface area (Å²) < 4.78 is 6.87. The van der Waals surface area contributed by atoms with Crippen LogP contribution in [0.25, 0.3) is 0 Å². The van der Waals surface area contributed by atoms with Crippen LogP contribution in [0.15, 0.2) is 39.2 Å². The molecule has 0 fully saturated rings. The summed E-state index contributed by atoms with van der Waals surface area (Å²) in [5, 5.41) is 3.47. The molecule has 1 N–H and O–H groups in total. The average molecular weight is 308 g/mol. The van der Waals surface area contributed by atoms with Crippen molar-refractivity contribution in [3.8, 4) is 0 Å². The molecule has 2 aromatic rings. The summed E-state index contributed by atoms with van der Waals surface area (Å²) in [6, 6.07) is 10.5. The van der Waals surface area contributed by atoms with Gasteiger partial charge in [-0.25, -0.2) is 0 Å². The molecule has 0 saturated carbocycles. The smallest absolute Gasteiger partial charge is 0.125 e. The van der Waals surface area contributed by atoms with Crippen LogP contribution in [-0.2, 0) is 0 Å². The van der Waals surface area contributed by atoms with E-state index in [0.717, 1.165) is 22.5 Å². The second-order valence-electron chi connectivity index (χ2n) is 4.46. The van der Waals surface area contributed by atoms with Gasteiger partial charge < -0.3 is 9.73 Å². The highest BCUT2D eigenvalue weighted by Gasteiger charge is 2.19. The molecule has 1 aromatic heterocycles. The van der Waals surface area contributed by atoms with E-state index in [1.165, 1.54) is 11.1 Å². The highest BCUT2D eigenvalue weighted by atomic mass is 79.9. The second kappa shape index (κ2) is 5.72. The van der Waals surface area contributed by atoms with Gasteiger partial charge in [0.2, 0.25) is 0 Å². The van der Waals surface area contributed by atoms with Crippen molar-refractivity contribution in [3.05, 3.63) is 57.5 Å². The summed E-state index contributed by atoms with van der Waals surface area (Å²) in [6.07, 6.45) is 0. The largest absolute Gasteiger partial charge is 0.464 e. The maximum absolute atomic E-state index is 5.76. The Hall–Kier alpha value is -1.06. The molecule has 0 aliphatic carbocycles. The lowest BCUT2D eigenvalue weighted by atomic mass is 10.0. The Morgan fingerprint density at radius 1 is 1.22 bits per heavy atom. The Morgan fingerprint density at radius 2 is 2.00 bits per heavy atom. The standard InChI is InChI=1S/C15H18BrNO/c1-4-17-15(14-8-6-11(3)18-14)12-9-10(2)5-7-13(12)16/h5-9,15,17H,4H2,1-3H3. The summed E-state index contributed by atoms with van der Waals surface area (Å²) >= 11 is 3.62. The highest BCUT2D eigenvalue weighted by molar-refractivity contribution is 9.10. The molecule has 0 radical (unpaired) electrons. The van der Waals surface area contributed by atoms with E-state index in [-0.39, 0.29) is 6.04 Å².